The van der Waals surface area contributed by atoms with E-state index in [1.165, 1.54) is 12.0 Å². The Morgan fingerprint density at radius 2 is 2.12 bits per heavy atom. The van der Waals surface area contributed by atoms with Crippen LogP contribution in [0, 0.1) is 0 Å². The third kappa shape index (κ3) is 2.77. The molecule has 2 heterocycles. The molecule has 4 amide bonds. The van der Waals surface area contributed by atoms with Gasteiger partial charge in [-0.1, -0.05) is 12.1 Å². The van der Waals surface area contributed by atoms with Crippen LogP contribution in [0.15, 0.2) is 24.3 Å². The molecule has 0 aromatic heterocycles. The smallest absolute Gasteiger partial charge is 0.414 e. The van der Waals surface area contributed by atoms with Gasteiger partial charge in [0.1, 0.15) is 18.7 Å². The van der Waals surface area contributed by atoms with Crippen molar-refractivity contribution in [1.29, 1.82) is 0 Å². The first-order valence-electron chi connectivity index (χ1n) is 7.62. The number of anilines is 1. The fraction of sp³-hybridized carbons (Fsp3) is 0.375. The quantitative estimate of drug-likeness (QED) is 0.631. The number of amides is 4. The van der Waals surface area contributed by atoms with Crippen molar-refractivity contribution in [2.45, 2.75) is 12.5 Å². The normalized spacial score (nSPS) is 22.9. The number of rotatable bonds is 4. The minimum absolute atomic E-state index is 0.295. The fourth-order valence-electron chi connectivity index (χ4n) is 2.84. The van der Waals surface area contributed by atoms with Crippen molar-refractivity contribution in [1.82, 2.24) is 10.2 Å². The summed E-state index contributed by atoms with van der Waals surface area (Å²) >= 11 is 0. The number of methoxy groups -OCH3 is 1. The van der Waals surface area contributed by atoms with Crippen molar-refractivity contribution >= 4 is 29.7 Å². The Morgan fingerprint density at radius 3 is 2.76 bits per heavy atom. The molecule has 0 spiro atoms. The average Bonchev–Trinajstić information content (AvgIpc) is 3.12. The highest BCUT2D eigenvalue weighted by atomic mass is 16.6. The molecule has 2 fully saturated rings. The zero-order valence-corrected chi connectivity index (χ0v) is 13.8. The zero-order valence-electron chi connectivity index (χ0n) is 13.8. The van der Waals surface area contributed by atoms with E-state index in [0.717, 1.165) is 4.90 Å². The molecule has 2 aliphatic rings. The summed E-state index contributed by atoms with van der Waals surface area (Å²) in [5.41, 5.74) is -0.282. The molecule has 0 bridgehead atoms. The van der Waals surface area contributed by atoms with E-state index >= 15 is 0 Å². The molecule has 3 rings (SSSR count). The van der Waals surface area contributed by atoms with Crippen molar-refractivity contribution in [2.24, 2.45) is 0 Å². The Kier molecular flexibility index (Phi) is 4.07. The minimum atomic E-state index is -1.34. The molecule has 9 nitrogen and oxygen atoms in total. The second-order valence-electron chi connectivity index (χ2n) is 5.84. The zero-order chi connectivity index (χ0) is 18.2. The molecule has 1 N–H and O–H groups in total. The number of esters is 1. The van der Waals surface area contributed by atoms with Crippen LogP contribution in [0.4, 0.5) is 15.3 Å². The lowest BCUT2D eigenvalue weighted by molar-refractivity contribution is -0.145. The first kappa shape index (κ1) is 16.7. The summed E-state index contributed by atoms with van der Waals surface area (Å²) in [5, 5.41) is 2.60. The van der Waals surface area contributed by atoms with E-state index in [0.29, 0.717) is 24.4 Å². The van der Waals surface area contributed by atoms with Gasteiger partial charge in [-0.05, 0) is 24.6 Å². The summed E-state index contributed by atoms with van der Waals surface area (Å²) in [7, 11) is 1.18. The molecule has 2 saturated heterocycles. The van der Waals surface area contributed by atoms with E-state index < -0.39 is 36.1 Å². The number of imide groups is 1. The third-order valence-electron chi connectivity index (χ3n) is 4.29. The Balaban J connectivity index is 1.90. The van der Waals surface area contributed by atoms with Gasteiger partial charge in [0.05, 0.1) is 13.7 Å². The number of carbonyl (C=O) groups is 4. The van der Waals surface area contributed by atoms with E-state index in [-0.39, 0.29) is 0 Å². The Bertz CT molecular complexity index is 764. The number of carbonyl (C=O) groups excluding carboxylic acids is 4. The third-order valence-corrected chi connectivity index (χ3v) is 4.29. The molecular weight excluding hydrogens is 330 g/mol. The second kappa shape index (κ2) is 6.08. The molecule has 1 atom stereocenters. The number of ether oxygens (including phenoxy) is 2. The Morgan fingerprint density at radius 1 is 1.36 bits per heavy atom. The van der Waals surface area contributed by atoms with Crippen LogP contribution in [0.5, 0.6) is 0 Å². The van der Waals surface area contributed by atoms with Crippen molar-refractivity contribution < 1.29 is 28.7 Å². The number of nitrogens with one attached hydrogen (secondary N) is 1. The highest BCUT2D eigenvalue weighted by Gasteiger charge is 2.49. The minimum Gasteiger partial charge on any atom is -0.468 e. The lowest BCUT2D eigenvalue weighted by Crippen LogP contribution is -2.41. The molecule has 1 aromatic carbocycles. The van der Waals surface area contributed by atoms with Crippen LogP contribution in [0.25, 0.3) is 0 Å². The van der Waals surface area contributed by atoms with E-state index in [2.05, 4.69) is 10.1 Å². The molecule has 2 aliphatic heterocycles. The van der Waals surface area contributed by atoms with Gasteiger partial charge in [0.25, 0.3) is 5.91 Å². The van der Waals surface area contributed by atoms with Gasteiger partial charge in [0.2, 0.25) is 0 Å². The fourth-order valence-corrected chi connectivity index (χ4v) is 2.84. The summed E-state index contributed by atoms with van der Waals surface area (Å²) in [5.74, 6) is -1.26. The number of hydrogen-bond acceptors (Lipinski definition) is 6. The maximum atomic E-state index is 12.7. The van der Waals surface area contributed by atoms with E-state index in [1.807, 2.05) is 0 Å². The molecule has 1 unspecified atom stereocenters. The van der Waals surface area contributed by atoms with Crippen LogP contribution < -0.4 is 10.2 Å². The highest BCUT2D eigenvalue weighted by Crippen LogP contribution is 2.31. The van der Waals surface area contributed by atoms with Crippen LogP contribution >= 0.6 is 0 Å². The first-order valence-corrected chi connectivity index (χ1v) is 7.62. The monoisotopic (exact) mass is 347 g/mol. The number of cyclic esters (lactones) is 1. The molecule has 0 radical (unpaired) electrons. The second-order valence-corrected chi connectivity index (χ2v) is 5.84. The van der Waals surface area contributed by atoms with Crippen LogP contribution in [0.1, 0.15) is 12.5 Å². The molecular formula is C16H17N3O6. The molecule has 132 valence electrons. The van der Waals surface area contributed by atoms with Gasteiger partial charge in [-0.3, -0.25) is 19.4 Å². The molecule has 25 heavy (non-hydrogen) atoms. The number of hydrogen-bond donors (Lipinski definition) is 1. The van der Waals surface area contributed by atoms with Crippen LogP contribution in [0.3, 0.4) is 0 Å². The van der Waals surface area contributed by atoms with Gasteiger partial charge in [-0.15, -0.1) is 0 Å². The lowest BCUT2D eigenvalue weighted by atomic mass is 9.91. The summed E-state index contributed by atoms with van der Waals surface area (Å²) in [6.45, 7) is 1.79. The van der Waals surface area contributed by atoms with Crippen LogP contribution in [0.2, 0.25) is 0 Å². The highest BCUT2D eigenvalue weighted by molar-refractivity contribution is 6.09. The van der Waals surface area contributed by atoms with Crippen molar-refractivity contribution in [2.75, 3.05) is 31.7 Å². The number of nitrogens with zero attached hydrogens (tertiary/aromatic N) is 2. The van der Waals surface area contributed by atoms with Gasteiger partial charge < -0.3 is 14.8 Å². The summed E-state index contributed by atoms with van der Waals surface area (Å²) in [6.07, 6.45) is -0.462. The van der Waals surface area contributed by atoms with Crippen LogP contribution in [-0.2, 0) is 24.6 Å². The Labute approximate surface area is 143 Å². The summed E-state index contributed by atoms with van der Waals surface area (Å²) in [6, 6.07) is 6.04. The van der Waals surface area contributed by atoms with Crippen molar-refractivity contribution in [3.63, 3.8) is 0 Å². The maximum Gasteiger partial charge on any atom is 0.414 e. The molecule has 0 saturated carbocycles. The number of benzene rings is 1. The molecule has 0 aliphatic carbocycles. The summed E-state index contributed by atoms with van der Waals surface area (Å²) < 4.78 is 9.42. The average molecular weight is 347 g/mol. The van der Waals surface area contributed by atoms with Crippen molar-refractivity contribution in [3.05, 3.63) is 29.8 Å². The molecule has 1 aromatic rings. The van der Waals surface area contributed by atoms with Crippen LogP contribution in [-0.4, -0.2) is 55.7 Å². The van der Waals surface area contributed by atoms with Gasteiger partial charge in [-0.25, -0.2) is 9.59 Å². The van der Waals surface area contributed by atoms with Crippen molar-refractivity contribution in [3.8, 4) is 0 Å². The lowest BCUT2D eigenvalue weighted by Gasteiger charge is -2.24. The van der Waals surface area contributed by atoms with Gasteiger partial charge in [0.15, 0.2) is 0 Å². The SMILES string of the molecule is COC(=O)CN1C(=O)NC(C)(c2cccc(N3CCOC3=O)c2)C1=O. The van der Waals surface area contributed by atoms with E-state index in [1.54, 1.807) is 31.2 Å². The largest absolute Gasteiger partial charge is 0.468 e. The van der Waals surface area contributed by atoms with Gasteiger partial charge in [0, 0.05) is 5.69 Å². The van der Waals surface area contributed by atoms with Gasteiger partial charge >= 0.3 is 18.1 Å². The summed E-state index contributed by atoms with van der Waals surface area (Å²) in [4.78, 5) is 50.2. The molecule has 9 heteroatoms. The standard InChI is InChI=1S/C16H17N3O6/c1-16(13(21)19(14(22)17-16)9-12(20)24-2)10-4-3-5-11(8-10)18-6-7-25-15(18)23/h3-5,8H,6-7,9H2,1-2H3,(H,17,22). The maximum absolute atomic E-state index is 12.7. The van der Waals surface area contributed by atoms with E-state index in [4.69, 9.17) is 4.74 Å². The van der Waals surface area contributed by atoms with Gasteiger partial charge in [-0.2, -0.15) is 0 Å². The van der Waals surface area contributed by atoms with E-state index in [9.17, 15) is 19.2 Å². The first-order chi connectivity index (χ1) is 11.9. The topological polar surface area (TPSA) is 105 Å². The number of urea groups is 1. The predicted molar refractivity (Wildman–Crippen MR) is 84.7 cm³/mol. The Hall–Kier alpha value is -3.10. The predicted octanol–water partition coefficient (Wildman–Crippen LogP) is 0.583.